The van der Waals surface area contributed by atoms with Crippen molar-refractivity contribution in [2.45, 2.75) is 164 Å². The van der Waals surface area contributed by atoms with Crippen LogP contribution in [0.1, 0.15) is 208 Å². The summed E-state index contributed by atoms with van der Waals surface area (Å²) in [6, 6.07) is 48.8. The largest absolute Gasteiger partial charge is 2.00 e. The van der Waals surface area contributed by atoms with E-state index in [1.807, 2.05) is 24.8 Å². The van der Waals surface area contributed by atoms with Crippen LogP contribution in [0.2, 0.25) is 0 Å². The Labute approximate surface area is 509 Å². The molecule has 1 aliphatic rings. The third kappa shape index (κ3) is 13.6. The van der Waals surface area contributed by atoms with E-state index >= 15 is 0 Å². The maximum absolute atomic E-state index is 4.98. The van der Waals surface area contributed by atoms with E-state index in [-0.39, 0.29) is 25.6 Å². The van der Waals surface area contributed by atoms with Crippen LogP contribution in [0, 0.1) is 0 Å². The second kappa shape index (κ2) is 27.0. The van der Waals surface area contributed by atoms with E-state index < -0.39 is 0 Å². The molecular formula is C76H86N6Zn. The van der Waals surface area contributed by atoms with Crippen LogP contribution in [0.4, 0.5) is 11.6 Å². The van der Waals surface area contributed by atoms with Gasteiger partial charge in [-0.15, -0.1) is 0 Å². The molecule has 0 spiro atoms. The molecule has 0 aliphatic carbocycles. The summed E-state index contributed by atoms with van der Waals surface area (Å²) in [7, 11) is 0. The Morgan fingerprint density at radius 2 is 0.807 bits per heavy atom. The second-order valence-electron chi connectivity index (χ2n) is 24.8. The number of nitrogens with one attached hydrogen (secondary N) is 1. The van der Waals surface area contributed by atoms with E-state index in [2.05, 4.69) is 272 Å². The van der Waals surface area contributed by atoms with Gasteiger partial charge in [-0.05, 0) is 178 Å². The molecular weight excluding hydrogens is 1060 g/mol. The predicted molar refractivity (Wildman–Crippen MR) is 352 cm³/mol. The Morgan fingerprint density at radius 1 is 0.422 bits per heavy atom. The van der Waals surface area contributed by atoms with Crippen molar-refractivity contribution in [3.8, 4) is 33.4 Å². The molecule has 0 bridgehead atoms. The first-order chi connectivity index (χ1) is 39.3. The van der Waals surface area contributed by atoms with Crippen molar-refractivity contribution in [1.29, 1.82) is 0 Å². The number of pyridine rings is 3. The topological polar surface area (TPSA) is 78.4 Å². The summed E-state index contributed by atoms with van der Waals surface area (Å²) in [5.74, 6) is 5.06. The summed E-state index contributed by atoms with van der Waals surface area (Å²) in [5.41, 5.74) is 22.0. The molecule has 0 radical (unpaired) electrons. The van der Waals surface area contributed by atoms with E-state index in [0.717, 1.165) is 27.5 Å². The summed E-state index contributed by atoms with van der Waals surface area (Å²) < 4.78 is 0. The second-order valence-corrected chi connectivity index (χ2v) is 24.8. The molecule has 7 heteroatoms. The Kier molecular flexibility index (Phi) is 20.1. The van der Waals surface area contributed by atoms with Crippen molar-refractivity contribution in [3.63, 3.8) is 0 Å². The molecule has 6 aromatic carbocycles. The predicted octanol–water partition coefficient (Wildman–Crippen LogP) is 21.4. The maximum atomic E-state index is 4.98. The zero-order valence-corrected chi connectivity index (χ0v) is 55.3. The average molecular weight is 1150 g/mol. The summed E-state index contributed by atoms with van der Waals surface area (Å²) in [5, 5.41) is 12.9. The van der Waals surface area contributed by atoms with Gasteiger partial charge in [0, 0.05) is 23.2 Å². The Morgan fingerprint density at radius 3 is 1.24 bits per heavy atom. The number of nitrogens with zero attached hydrogens (tertiary/aromatic N) is 5. The molecule has 0 saturated heterocycles. The van der Waals surface area contributed by atoms with Crippen molar-refractivity contribution in [2.24, 2.45) is 4.99 Å². The van der Waals surface area contributed by atoms with Gasteiger partial charge in [-0.2, -0.15) is 6.20 Å². The van der Waals surface area contributed by atoms with Crippen molar-refractivity contribution in [3.05, 3.63) is 231 Å². The van der Waals surface area contributed by atoms with Crippen molar-refractivity contribution >= 4 is 38.8 Å². The molecule has 10 rings (SSSR count). The van der Waals surface area contributed by atoms with Crippen LogP contribution < -0.4 is 15.8 Å². The zero-order chi connectivity index (χ0) is 58.5. The van der Waals surface area contributed by atoms with Crippen LogP contribution in [-0.2, 0) is 19.5 Å². The minimum Gasteiger partial charge on any atom is -0.668 e. The van der Waals surface area contributed by atoms with Gasteiger partial charge in [-0.25, -0.2) is 4.98 Å². The monoisotopic (exact) mass is 1150 g/mol. The van der Waals surface area contributed by atoms with Gasteiger partial charge in [0.1, 0.15) is 5.82 Å². The first kappa shape index (κ1) is 61.9. The molecule has 83 heavy (non-hydrogen) atoms. The van der Waals surface area contributed by atoms with Gasteiger partial charge in [-0.1, -0.05) is 244 Å². The normalized spacial score (nSPS) is 13.7. The van der Waals surface area contributed by atoms with E-state index in [4.69, 9.17) is 15.3 Å². The quantitative estimate of drug-likeness (QED) is 0.104. The molecule has 6 nitrogen and oxygen atoms in total. The number of allylic oxidation sites excluding steroid dienone is 2. The number of fused-ring (bicyclic) bond motifs is 2. The van der Waals surface area contributed by atoms with Crippen LogP contribution in [0.3, 0.4) is 0 Å². The van der Waals surface area contributed by atoms with Gasteiger partial charge in [0.2, 0.25) is 0 Å². The summed E-state index contributed by atoms with van der Waals surface area (Å²) >= 11 is 0. The minimum absolute atomic E-state index is 0. The van der Waals surface area contributed by atoms with Gasteiger partial charge in [0.05, 0.1) is 5.82 Å². The maximum Gasteiger partial charge on any atom is 2.00 e. The van der Waals surface area contributed by atoms with Gasteiger partial charge >= 0.3 is 19.5 Å². The Balaban J connectivity index is 0.000000214. The number of hydrogen-bond donors (Lipinski definition) is 1. The molecule has 9 aromatic rings. The van der Waals surface area contributed by atoms with Crippen LogP contribution in [0.5, 0.6) is 0 Å². The molecule has 4 heterocycles. The minimum atomic E-state index is -0.192. The van der Waals surface area contributed by atoms with Crippen LogP contribution in [0.25, 0.3) is 65.8 Å². The van der Waals surface area contributed by atoms with E-state index in [0.29, 0.717) is 58.6 Å². The molecule has 1 N–H and O–H groups in total. The van der Waals surface area contributed by atoms with Crippen molar-refractivity contribution in [2.75, 3.05) is 5.32 Å². The molecule has 0 amide bonds. The number of hydrogen-bond acceptors (Lipinski definition) is 4. The van der Waals surface area contributed by atoms with Gasteiger partial charge in [0.25, 0.3) is 0 Å². The van der Waals surface area contributed by atoms with Crippen molar-refractivity contribution in [1.82, 2.24) is 15.0 Å². The fraction of sp³-hybridized carbons (Fsp3) is 0.329. The molecule has 1 aliphatic heterocycles. The summed E-state index contributed by atoms with van der Waals surface area (Å²) in [6.07, 6.45) is 11.8. The number of aromatic nitrogens is 3. The SMILES string of the molecule is CC(C)c1cccc(C(C)C)c1-c1cc[n-]c(=Nc2nccc3cc(-c4c(C(C)C)cccc4C(C)C)ccc23)c1.CC(C)c1cccc(C(C)C)c1C1=CC(Nc2nccc3cc(-c4c(C(C)C)cccc4C(C)C)ccc23)[N-]C=C1.[Zn+2]. The zero-order valence-electron chi connectivity index (χ0n) is 52.3. The Hall–Kier alpha value is -7.21. The molecule has 0 saturated carbocycles. The Bertz CT molecular complexity index is 3760. The summed E-state index contributed by atoms with van der Waals surface area (Å²) in [4.78, 5) is 19.1. The molecule has 0 fully saturated rings. The molecule has 1 unspecified atom stereocenters. The van der Waals surface area contributed by atoms with Crippen molar-refractivity contribution < 1.29 is 19.5 Å². The summed E-state index contributed by atoms with van der Waals surface area (Å²) in [6.45, 7) is 36.3. The number of rotatable bonds is 15. The van der Waals surface area contributed by atoms with E-state index in [1.165, 1.54) is 88.8 Å². The van der Waals surface area contributed by atoms with Crippen LogP contribution in [-0.4, -0.2) is 16.1 Å². The van der Waals surface area contributed by atoms with Gasteiger partial charge in [-0.3, -0.25) is 4.98 Å². The van der Waals surface area contributed by atoms with Gasteiger partial charge < -0.3 is 20.6 Å². The third-order valence-corrected chi connectivity index (χ3v) is 16.2. The fourth-order valence-corrected chi connectivity index (χ4v) is 12.0. The molecule has 422 valence electrons. The first-order valence-corrected chi connectivity index (χ1v) is 30.1. The van der Waals surface area contributed by atoms with Gasteiger partial charge in [0.15, 0.2) is 0 Å². The van der Waals surface area contributed by atoms with E-state index in [9.17, 15) is 0 Å². The van der Waals surface area contributed by atoms with Crippen LogP contribution in [0.15, 0.2) is 175 Å². The molecule has 3 aromatic heterocycles. The van der Waals surface area contributed by atoms with Crippen LogP contribution >= 0.6 is 0 Å². The van der Waals surface area contributed by atoms with E-state index in [1.54, 1.807) is 0 Å². The molecule has 1 atom stereocenters. The number of benzene rings is 6. The number of anilines is 1. The third-order valence-electron chi connectivity index (χ3n) is 16.2. The first-order valence-electron chi connectivity index (χ1n) is 30.1. The standard InChI is InChI=1S/C38H44N3.C38H42N3.Zn/c2*1-23(2)30-11-9-12-31(24(3)4)36(30)28-15-16-34-27(21-28)17-20-40-38(34)41-35-22-29(18-19-39-35)37-32(25(5)6)13-10-14-33(37)26(7)8;/h9-26,35H,1-8H3,(H,40,41);9-26H,1-8H3;/q2*-1;+2. The average Bonchev–Trinajstić information content (AvgIpc) is 3.66. The smallest absolute Gasteiger partial charge is 0.668 e. The fourth-order valence-electron chi connectivity index (χ4n) is 12.0.